The minimum atomic E-state index is -0.335. The summed E-state index contributed by atoms with van der Waals surface area (Å²) < 4.78 is 0. The zero-order valence-corrected chi connectivity index (χ0v) is 11.9. The van der Waals surface area contributed by atoms with E-state index in [4.69, 9.17) is 5.26 Å². The average molecular weight is 287 g/mol. The summed E-state index contributed by atoms with van der Waals surface area (Å²) in [6, 6.07) is 8.63. The molecule has 0 bridgehead atoms. The molecule has 2 aromatic rings. The number of urea groups is 1. The van der Waals surface area contributed by atoms with Crippen LogP contribution in [0.2, 0.25) is 0 Å². The van der Waals surface area contributed by atoms with Crippen molar-refractivity contribution in [3.05, 3.63) is 40.4 Å². The summed E-state index contributed by atoms with van der Waals surface area (Å²) in [5, 5.41) is 23.1. The van der Waals surface area contributed by atoms with Crippen molar-refractivity contribution in [3.8, 4) is 6.07 Å². The summed E-state index contributed by atoms with van der Waals surface area (Å²) in [6.45, 7) is 3.69. The molecular weight excluding hydrogens is 274 g/mol. The number of carbonyl (C=O) groups excluding carboxylic acids is 1. The van der Waals surface area contributed by atoms with Crippen molar-refractivity contribution in [2.45, 2.75) is 19.9 Å². The topological polar surface area (TPSA) is 90.7 Å². The number of nitrogens with zero attached hydrogens (tertiary/aromatic N) is 3. The van der Waals surface area contributed by atoms with Gasteiger partial charge in [-0.15, -0.1) is 10.2 Å². The standard InChI is InChI=1S/C13H13N5OS/c1-8(11-5-3-10(7-14)4-6-11)15-12(19)16-13-18-17-9(2)20-13/h3-6,8H,1-2H3,(H2,15,16,18,19). The van der Waals surface area contributed by atoms with Gasteiger partial charge in [0.15, 0.2) is 0 Å². The van der Waals surface area contributed by atoms with E-state index in [1.807, 2.05) is 26.0 Å². The maximum Gasteiger partial charge on any atom is 0.321 e. The van der Waals surface area contributed by atoms with Crippen molar-refractivity contribution in [3.63, 3.8) is 0 Å². The van der Waals surface area contributed by atoms with Gasteiger partial charge in [0.2, 0.25) is 5.13 Å². The van der Waals surface area contributed by atoms with Crippen LogP contribution in [0.3, 0.4) is 0 Å². The molecule has 1 unspecified atom stereocenters. The molecule has 0 radical (unpaired) electrons. The van der Waals surface area contributed by atoms with Crippen molar-refractivity contribution in [2.24, 2.45) is 0 Å². The molecule has 2 amide bonds. The molecular formula is C13H13N5OS. The highest BCUT2D eigenvalue weighted by molar-refractivity contribution is 7.15. The third-order valence-electron chi connectivity index (χ3n) is 2.63. The molecule has 1 atom stereocenters. The summed E-state index contributed by atoms with van der Waals surface area (Å²) in [7, 11) is 0. The lowest BCUT2D eigenvalue weighted by Gasteiger charge is -2.14. The SMILES string of the molecule is Cc1nnc(NC(=O)NC(C)c2ccc(C#N)cc2)s1. The summed E-state index contributed by atoms with van der Waals surface area (Å²) in [5.74, 6) is 0. The monoisotopic (exact) mass is 287 g/mol. The average Bonchev–Trinajstić information content (AvgIpc) is 2.84. The van der Waals surface area contributed by atoms with Gasteiger partial charge in [-0.2, -0.15) is 5.26 Å². The van der Waals surface area contributed by atoms with Crippen LogP contribution in [0.1, 0.15) is 29.1 Å². The molecule has 0 aliphatic carbocycles. The number of aromatic nitrogens is 2. The number of anilines is 1. The molecule has 0 aliphatic heterocycles. The molecule has 0 saturated carbocycles. The molecule has 2 N–H and O–H groups in total. The first-order valence-corrected chi connectivity index (χ1v) is 6.78. The third-order valence-corrected chi connectivity index (χ3v) is 3.39. The number of aryl methyl sites for hydroxylation is 1. The van der Waals surface area contributed by atoms with Crippen LogP contribution in [0, 0.1) is 18.3 Å². The number of nitrogens with one attached hydrogen (secondary N) is 2. The van der Waals surface area contributed by atoms with E-state index >= 15 is 0 Å². The van der Waals surface area contributed by atoms with Gasteiger partial charge in [-0.25, -0.2) is 4.79 Å². The Hall–Kier alpha value is -2.46. The zero-order valence-electron chi connectivity index (χ0n) is 11.0. The molecule has 102 valence electrons. The van der Waals surface area contributed by atoms with E-state index in [-0.39, 0.29) is 12.1 Å². The number of hydrogen-bond donors (Lipinski definition) is 2. The highest BCUT2D eigenvalue weighted by Crippen LogP contribution is 2.15. The Bertz CT molecular complexity index is 644. The highest BCUT2D eigenvalue weighted by atomic mass is 32.1. The van der Waals surface area contributed by atoms with E-state index in [1.54, 1.807) is 12.1 Å². The maximum absolute atomic E-state index is 11.8. The third kappa shape index (κ3) is 3.52. The van der Waals surface area contributed by atoms with Gasteiger partial charge in [0.05, 0.1) is 17.7 Å². The summed E-state index contributed by atoms with van der Waals surface area (Å²) in [6.07, 6.45) is 0. The van der Waals surface area contributed by atoms with Crippen LogP contribution in [-0.2, 0) is 0 Å². The maximum atomic E-state index is 11.8. The number of rotatable bonds is 3. The normalized spacial score (nSPS) is 11.4. The summed E-state index contributed by atoms with van der Waals surface area (Å²) in [5.41, 5.74) is 1.52. The second-order valence-electron chi connectivity index (χ2n) is 4.18. The van der Waals surface area contributed by atoms with Gasteiger partial charge in [0, 0.05) is 0 Å². The van der Waals surface area contributed by atoms with Crippen molar-refractivity contribution >= 4 is 22.5 Å². The van der Waals surface area contributed by atoms with Crippen molar-refractivity contribution < 1.29 is 4.79 Å². The van der Waals surface area contributed by atoms with Gasteiger partial charge in [-0.1, -0.05) is 23.5 Å². The second kappa shape index (κ2) is 6.12. The Morgan fingerprint density at radius 3 is 2.60 bits per heavy atom. The van der Waals surface area contributed by atoms with E-state index in [0.717, 1.165) is 10.6 Å². The molecule has 2 rings (SSSR count). The Balaban J connectivity index is 1.94. The first-order valence-electron chi connectivity index (χ1n) is 5.96. The lowest BCUT2D eigenvalue weighted by atomic mass is 10.1. The molecule has 7 heteroatoms. The Morgan fingerprint density at radius 2 is 2.05 bits per heavy atom. The lowest BCUT2D eigenvalue weighted by Crippen LogP contribution is -2.31. The number of nitriles is 1. The van der Waals surface area contributed by atoms with E-state index in [2.05, 4.69) is 26.9 Å². The molecule has 1 aromatic carbocycles. The largest absolute Gasteiger partial charge is 0.331 e. The minimum absolute atomic E-state index is 0.170. The predicted molar refractivity (Wildman–Crippen MR) is 76.4 cm³/mol. The van der Waals surface area contributed by atoms with E-state index in [9.17, 15) is 4.79 Å². The predicted octanol–water partition coefficient (Wildman–Crippen LogP) is 2.60. The van der Waals surface area contributed by atoms with Crippen molar-refractivity contribution in [2.75, 3.05) is 5.32 Å². The smallest absolute Gasteiger partial charge is 0.321 e. The fourth-order valence-corrected chi connectivity index (χ4v) is 2.19. The molecule has 0 aliphatic rings. The fraction of sp³-hybridized carbons (Fsp3) is 0.231. The number of amides is 2. The van der Waals surface area contributed by atoms with Gasteiger partial charge < -0.3 is 5.32 Å². The molecule has 20 heavy (non-hydrogen) atoms. The first kappa shape index (κ1) is 14.0. The van der Waals surface area contributed by atoms with Crippen LogP contribution in [0.25, 0.3) is 0 Å². The molecule has 1 aromatic heterocycles. The molecule has 0 fully saturated rings. The van der Waals surface area contributed by atoms with Crippen molar-refractivity contribution in [1.82, 2.24) is 15.5 Å². The first-order chi connectivity index (χ1) is 9.58. The highest BCUT2D eigenvalue weighted by Gasteiger charge is 2.11. The molecule has 0 saturated heterocycles. The molecule has 0 spiro atoms. The Morgan fingerprint density at radius 1 is 1.35 bits per heavy atom. The summed E-state index contributed by atoms with van der Waals surface area (Å²) in [4.78, 5) is 11.8. The fourth-order valence-electron chi connectivity index (χ4n) is 1.61. The van der Waals surface area contributed by atoms with E-state index in [1.165, 1.54) is 11.3 Å². The Labute approximate surface area is 120 Å². The second-order valence-corrected chi connectivity index (χ2v) is 5.36. The Kier molecular flexibility index (Phi) is 4.27. The molecule has 1 heterocycles. The van der Waals surface area contributed by atoms with Gasteiger partial charge in [0.25, 0.3) is 0 Å². The van der Waals surface area contributed by atoms with Gasteiger partial charge in [-0.3, -0.25) is 5.32 Å². The number of carbonyl (C=O) groups is 1. The minimum Gasteiger partial charge on any atom is -0.331 e. The van der Waals surface area contributed by atoms with Crippen molar-refractivity contribution in [1.29, 1.82) is 5.26 Å². The van der Waals surface area contributed by atoms with E-state index < -0.39 is 0 Å². The molecule has 6 nitrogen and oxygen atoms in total. The lowest BCUT2D eigenvalue weighted by molar-refractivity contribution is 0.249. The number of benzene rings is 1. The van der Waals surface area contributed by atoms with Crippen LogP contribution >= 0.6 is 11.3 Å². The van der Waals surface area contributed by atoms with Gasteiger partial charge in [-0.05, 0) is 31.5 Å². The quantitative estimate of drug-likeness (QED) is 0.907. The van der Waals surface area contributed by atoms with Crippen LogP contribution in [0.4, 0.5) is 9.93 Å². The number of hydrogen-bond acceptors (Lipinski definition) is 5. The summed E-state index contributed by atoms with van der Waals surface area (Å²) >= 11 is 1.31. The van der Waals surface area contributed by atoms with Crippen LogP contribution in [0.5, 0.6) is 0 Å². The van der Waals surface area contributed by atoms with Gasteiger partial charge >= 0.3 is 6.03 Å². The van der Waals surface area contributed by atoms with Crippen LogP contribution < -0.4 is 10.6 Å². The van der Waals surface area contributed by atoms with Crippen LogP contribution in [-0.4, -0.2) is 16.2 Å². The zero-order chi connectivity index (χ0) is 14.5. The van der Waals surface area contributed by atoms with Crippen LogP contribution in [0.15, 0.2) is 24.3 Å². The van der Waals surface area contributed by atoms with E-state index in [0.29, 0.717) is 10.7 Å². The van der Waals surface area contributed by atoms with Gasteiger partial charge in [0.1, 0.15) is 5.01 Å².